The van der Waals surface area contributed by atoms with Crippen molar-refractivity contribution in [1.29, 1.82) is 0 Å². The first-order valence-electron chi connectivity index (χ1n) is 5.37. The van der Waals surface area contributed by atoms with Crippen LogP contribution in [0, 0.1) is 12.7 Å². The lowest BCUT2D eigenvalue weighted by molar-refractivity contribution is 0.274. The van der Waals surface area contributed by atoms with Crippen LogP contribution in [0.1, 0.15) is 10.4 Å². The molecule has 1 heterocycles. The van der Waals surface area contributed by atoms with E-state index in [0.29, 0.717) is 4.47 Å². The number of halogens is 2. The molecule has 5 nitrogen and oxygen atoms in total. The summed E-state index contributed by atoms with van der Waals surface area (Å²) in [4.78, 5) is 4.15. The minimum atomic E-state index is -4.10. The molecule has 0 unspecified atom stereocenters. The van der Waals surface area contributed by atoms with Crippen LogP contribution in [0.25, 0.3) is 0 Å². The van der Waals surface area contributed by atoms with Gasteiger partial charge >= 0.3 is 0 Å². The Bertz CT molecular complexity index is 746. The van der Waals surface area contributed by atoms with Crippen molar-refractivity contribution in [2.45, 2.75) is 18.4 Å². The minimum Gasteiger partial charge on any atom is -0.392 e. The molecular formula is C11H10BrFN2O3S2. The van der Waals surface area contributed by atoms with Crippen molar-refractivity contribution in [3.05, 3.63) is 39.1 Å². The van der Waals surface area contributed by atoms with Gasteiger partial charge in [-0.3, -0.25) is 4.72 Å². The zero-order chi connectivity index (χ0) is 14.9. The van der Waals surface area contributed by atoms with E-state index in [0.717, 1.165) is 22.3 Å². The maximum atomic E-state index is 14.0. The molecule has 0 aliphatic rings. The SMILES string of the molecule is Cc1cnc(NS(=O)(=O)c2cc(Br)cc(CO)c2F)s1. The van der Waals surface area contributed by atoms with Gasteiger partial charge in [0.05, 0.1) is 6.61 Å². The van der Waals surface area contributed by atoms with Gasteiger partial charge < -0.3 is 5.11 Å². The van der Waals surface area contributed by atoms with Crippen molar-refractivity contribution in [2.24, 2.45) is 0 Å². The van der Waals surface area contributed by atoms with E-state index in [4.69, 9.17) is 5.11 Å². The fourth-order valence-electron chi connectivity index (χ4n) is 1.50. The van der Waals surface area contributed by atoms with Crippen LogP contribution in [0.3, 0.4) is 0 Å². The number of aliphatic hydroxyl groups excluding tert-OH is 1. The van der Waals surface area contributed by atoms with Crippen LogP contribution >= 0.6 is 27.3 Å². The largest absolute Gasteiger partial charge is 0.392 e. The molecule has 0 radical (unpaired) electrons. The van der Waals surface area contributed by atoms with Gasteiger partial charge in [0.25, 0.3) is 10.0 Å². The number of nitrogens with zero attached hydrogens (tertiary/aromatic N) is 1. The molecule has 9 heteroatoms. The fraction of sp³-hybridized carbons (Fsp3) is 0.182. The number of aryl methyl sites for hydroxylation is 1. The number of hydrogen-bond donors (Lipinski definition) is 2. The second-order valence-electron chi connectivity index (χ2n) is 3.92. The molecule has 0 spiro atoms. The number of aliphatic hydroxyl groups is 1. The molecule has 0 bridgehead atoms. The van der Waals surface area contributed by atoms with Gasteiger partial charge in [-0.25, -0.2) is 17.8 Å². The fourth-order valence-corrected chi connectivity index (χ4v) is 4.21. The highest BCUT2D eigenvalue weighted by atomic mass is 79.9. The maximum Gasteiger partial charge on any atom is 0.266 e. The van der Waals surface area contributed by atoms with Gasteiger partial charge in [0, 0.05) is 21.1 Å². The number of anilines is 1. The average Bonchev–Trinajstić information content (AvgIpc) is 2.76. The van der Waals surface area contributed by atoms with Gasteiger partial charge in [0.2, 0.25) is 0 Å². The Morgan fingerprint density at radius 2 is 2.20 bits per heavy atom. The number of sulfonamides is 1. The van der Waals surface area contributed by atoms with Crippen molar-refractivity contribution in [3.8, 4) is 0 Å². The second kappa shape index (κ2) is 5.76. The third-order valence-corrected chi connectivity index (χ3v) is 5.14. The number of hydrogen-bond acceptors (Lipinski definition) is 5. The normalized spacial score (nSPS) is 11.6. The van der Waals surface area contributed by atoms with E-state index < -0.39 is 27.3 Å². The van der Waals surface area contributed by atoms with Gasteiger partial charge in [-0.1, -0.05) is 15.9 Å². The standard InChI is InChI=1S/C11H10BrFN2O3S2/c1-6-4-14-11(19-6)15-20(17,18)9-3-8(12)2-7(5-16)10(9)13/h2-4,16H,5H2,1H3,(H,14,15). The lowest BCUT2D eigenvalue weighted by atomic mass is 10.2. The van der Waals surface area contributed by atoms with Crippen LogP contribution in [0.4, 0.5) is 9.52 Å². The Hall–Kier alpha value is -1.03. The summed E-state index contributed by atoms with van der Waals surface area (Å²) in [6.07, 6.45) is 1.51. The van der Waals surface area contributed by atoms with Gasteiger partial charge in [-0.15, -0.1) is 11.3 Å². The zero-order valence-corrected chi connectivity index (χ0v) is 13.4. The molecule has 0 amide bonds. The quantitative estimate of drug-likeness (QED) is 0.854. The van der Waals surface area contributed by atoms with Crippen molar-refractivity contribution < 1.29 is 17.9 Å². The first-order valence-corrected chi connectivity index (χ1v) is 8.47. The average molecular weight is 381 g/mol. The summed E-state index contributed by atoms with van der Waals surface area (Å²) in [5.74, 6) is -0.975. The summed E-state index contributed by atoms with van der Waals surface area (Å²) >= 11 is 4.23. The molecule has 1 aromatic carbocycles. The van der Waals surface area contributed by atoms with E-state index in [1.54, 1.807) is 6.92 Å². The van der Waals surface area contributed by atoms with Crippen LogP contribution in [0.15, 0.2) is 27.7 Å². The molecule has 0 aliphatic carbocycles. The molecule has 20 heavy (non-hydrogen) atoms. The monoisotopic (exact) mass is 380 g/mol. The molecule has 2 N–H and O–H groups in total. The smallest absolute Gasteiger partial charge is 0.266 e. The molecular weight excluding hydrogens is 371 g/mol. The Morgan fingerprint density at radius 1 is 1.50 bits per heavy atom. The number of nitrogens with one attached hydrogen (secondary N) is 1. The first-order chi connectivity index (χ1) is 9.33. The number of aromatic nitrogens is 1. The summed E-state index contributed by atoms with van der Waals surface area (Å²) in [7, 11) is -4.10. The van der Waals surface area contributed by atoms with Crippen LogP contribution in [-0.4, -0.2) is 18.5 Å². The molecule has 0 saturated carbocycles. The van der Waals surface area contributed by atoms with Crippen LogP contribution in [0.2, 0.25) is 0 Å². The maximum absolute atomic E-state index is 14.0. The second-order valence-corrected chi connectivity index (χ2v) is 7.72. The van der Waals surface area contributed by atoms with E-state index >= 15 is 0 Å². The van der Waals surface area contributed by atoms with E-state index in [9.17, 15) is 12.8 Å². The molecule has 108 valence electrons. The van der Waals surface area contributed by atoms with Crippen LogP contribution < -0.4 is 4.72 Å². The Kier molecular flexibility index (Phi) is 4.43. The lowest BCUT2D eigenvalue weighted by Crippen LogP contribution is -2.15. The van der Waals surface area contributed by atoms with E-state index in [-0.39, 0.29) is 10.7 Å². The zero-order valence-electron chi connectivity index (χ0n) is 10.2. The van der Waals surface area contributed by atoms with Gasteiger partial charge in [-0.05, 0) is 19.1 Å². The summed E-state index contributed by atoms with van der Waals surface area (Å²) in [5, 5.41) is 9.20. The van der Waals surface area contributed by atoms with E-state index in [1.165, 1.54) is 12.3 Å². The predicted octanol–water partition coefficient (Wildman–Crippen LogP) is 2.65. The Morgan fingerprint density at radius 3 is 2.75 bits per heavy atom. The van der Waals surface area contributed by atoms with Crippen molar-refractivity contribution in [1.82, 2.24) is 4.98 Å². The summed E-state index contributed by atoms with van der Waals surface area (Å²) < 4.78 is 40.9. The predicted molar refractivity (Wildman–Crippen MR) is 77.7 cm³/mol. The molecule has 1 aromatic heterocycles. The van der Waals surface area contributed by atoms with Gasteiger partial charge in [-0.2, -0.15) is 0 Å². The van der Waals surface area contributed by atoms with Crippen LogP contribution in [-0.2, 0) is 16.6 Å². The lowest BCUT2D eigenvalue weighted by Gasteiger charge is -2.09. The van der Waals surface area contributed by atoms with Gasteiger partial charge in [0.15, 0.2) is 5.13 Å². The third kappa shape index (κ3) is 3.17. The molecule has 0 saturated heterocycles. The number of thiazole rings is 1. The molecule has 2 rings (SSSR count). The Balaban J connectivity index is 2.46. The van der Waals surface area contributed by atoms with Crippen LogP contribution in [0.5, 0.6) is 0 Å². The molecule has 0 aliphatic heterocycles. The van der Waals surface area contributed by atoms with Gasteiger partial charge in [0.1, 0.15) is 10.7 Å². The molecule has 0 atom stereocenters. The van der Waals surface area contributed by atoms with E-state index in [2.05, 4.69) is 25.6 Å². The summed E-state index contributed by atoms with van der Waals surface area (Å²) in [5.41, 5.74) is -0.102. The molecule has 2 aromatic rings. The first kappa shape index (κ1) is 15.4. The Labute approximate surface area is 127 Å². The highest BCUT2D eigenvalue weighted by Crippen LogP contribution is 2.27. The highest BCUT2D eigenvalue weighted by Gasteiger charge is 2.23. The third-order valence-electron chi connectivity index (χ3n) is 2.38. The van der Waals surface area contributed by atoms with Crippen molar-refractivity contribution in [3.63, 3.8) is 0 Å². The number of rotatable bonds is 4. The highest BCUT2D eigenvalue weighted by molar-refractivity contribution is 9.10. The van der Waals surface area contributed by atoms with Crippen molar-refractivity contribution >= 4 is 42.4 Å². The molecule has 0 fully saturated rings. The van der Waals surface area contributed by atoms with E-state index in [1.807, 2.05) is 0 Å². The number of benzene rings is 1. The topological polar surface area (TPSA) is 79.3 Å². The summed E-state index contributed by atoms with van der Waals surface area (Å²) in [6, 6.07) is 2.46. The van der Waals surface area contributed by atoms with Crippen molar-refractivity contribution in [2.75, 3.05) is 4.72 Å². The minimum absolute atomic E-state index is 0.102. The summed E-state index contributed by atoms with van der Waals surface area (Å²) in [6.45, 7) is 1.18.